The van der Waals surface area contributed by atoms with Gasteiger partial charge in [0.05, 0.1) is 34.1 Å². The van der Waals surface area contributed by atoms with E-state index in [4.69, 9.17) is 9.47 Å². The van der Waals surface area contributed by atoms with Crippen molar-refractivity contribution in [3.8, 4) is 22.1 Å². The lowest BCUT2D eigenvalue weighted by Gasteiger charge is -2.14. The summed E-state index contributed by atoms with van der Waals surface area (Å²) in [5.74, 6) is 1.25. The second kappa shape index (κ2) is 7.64. The average Bonchev–Trinajstić information content (AvgIpc) is 3.31. The average molecular weight is 394 g/mol. The first-order valence-electron chi connectivity index (χ1n) is 9.34. The molecule has 1 N–H and O–H groups in total. The van der Waals surface area contributed by atoms with E-state index in [2.05, 4.69) is 10.3 Å². The molecular formula is C22H22N2O3S. The van der Waals surface area contributed by atoms with Gasteiger partial charge in [-0.15, -0.1) is 11.3 Å². The van der Waals surface area contributed by atoms with Gasteiger partial charge in [0.25, 0.3) is 5.91 Å². The Labute approximate surface area is 168 Å². The van der Waals surface area contributed by atoms with Crippen molar-refractivity contribution in [1.82, 2.24) is 4.98 Å². The largest absolute Gasteiger partial charge is 0.492 e. The standard InChI is InChI=1S/C22H22N2O3S/c1-4-26-20-11-15-10-13(2)27-19(15)12-18(20)24-22(25)16-7-8-17(23-14(16)3)21-6-5-9-28-21/h5-9,11-13H,4,10H2,1-3H3,(H,24,25)/t13-/m0/s1. The number of carbonyl (C=O) groups excluding carboxylic acids is 1. The minimum absolute atomic E-state index is 0.131. The van der Waals surface area contributed by atoms with E-state index in [0.29, 0.717) is 29.3 Å². The fourth-order valence-corrected chi connectivity index (χ4v) is 4.06. The van der Waals surface area contributed by atoms with Crippen LogP contribution in [0.5, 0.6) is 11.5 Å². The van der Waals surface area contributed by atoms with E-state index in [0.717, 1.165) is 28.3 Å². The number of fused-ring (bicyclic) bond motifs is 1. The van der Waals surface area contributed by atoms with E-state index in [1.807, 2.05) is 62.5 Å². The number of anilines is 1. The molecule has 1 aliphatic rings. The summed E-state index contributed by atoms with van der Waals surface area (Å²) in [6.45, 7) is 6.33. The van der Waals surface area contributed by atoms with Crippen LogP contribution in [-0.4, -0.2) is 23.6 Å². The van der Waals surface area contributed by atoms with Gasteiger partial charge in [0.1, 0.15) is 17.6 Å². The van der Waals surface area contributed by atoms with Crippen molar-refractivity contribution < 1.29 is 14.3 Å². The maximum absolute atomic E-state index is 12.9. The maximum atomic E-state index is 12.9. The number of nitrogens with one attached hydrogen (secondary N) is 1. The number of nitrogens with zero attached hydrogens (tertiary/aromatic N) is 1. The van der Waals surface area contributed by atoms with Gasteiger partial charge >= 0.3 is 0 Å². The molecule has 0 aliphatic carbocycles. The Morgan fingerprint density at radius 1 is 1.36 bits per heavy atom. The fourth-order valence-electron chi connectivity index (χ4n) is 3.36. The molecular weight excluding hydrogens is 372 g/mol. The highest BCUT2D eigenvalue weighted by atomic mass is 32.1. The lowest BCUT2D eigenvalue weighted by atomic mass is 10.1. The highest BCUT2D eigenvalue weighted by Gasteiger charge is 2.23. The summed E-state index contributed by atoms with van der Waals surface area (Å²) in [6.07, 6.45) is 0.975. The molecule has 0 bridgehead atoms. The Bertz CT molecular complexity index is 1010. The zero-order valence-corrected chi connectivity index (χ0v) is 16.9. The number of carbonyl (C=O) groups is 1. The normalized spacial score (nSPS) is 15.0. The van der Waals surface area contributed by atoms with Gasteiger partial charge in [-0.3, -0.25) is 9.78 Å². The Morgan fingerprint density at radius 3 is 2.93 bits per heavy atom. The molecule has 5 nitrogen and oxygen atoms in total. The monoisotopic (exact) mass is 394 g/mol. The number of rotatable bonds is 5. The number of aromatic nitrogens is 1. The molecule has 0 spiro atoms. The Balaban J connectivity index is 1.61. The first-order valence-corrected chi connectivity index (χ1v) is 10.2. The first-order chi connectivity index (χ1) is 13.5. The summed E-state index contributed by atoms with van der Waals surface area (Å²) in [5.41, 5.74) is 3.82. The molecule has 1 amide bonds. The highest BCUT2D eigenvalue weighted by molar-refractivity contribution is 7.13. The zero-order valence-electron chi connectivity index (χ0n) is 16.1. The van der Waals surface area contributed by atoms with Crippen LogP contribution in [0.1, 0.15) is 35.5 Å². The minimum atomic E-state index is -0.213. The van der Waals surface area contributed by atoms with E-state index in [1.54, 1.807) is 11.3 Å². The molecule has 0 unspecified atom stereocenters. The molecule has 0 saturated heterocycles. The summed E-state index contributed by atoms with van der Waals surface area (Å²) in [6, 6.07) is 11.5. The van der Waals surface area contributed by atoms with Gasteiger partial charge in [-0.2, -0.15) is 0 Å². The quantitative estimate of drug-likeness (QED) is 0.655. The summed E-state index contributed by atoms with van der Waals surface area (Å²) >= 11 is 1.63. The Kier molecular flexibility index (Phi) is 5.05. The molecule has 0 radical (unpaired) electrons. The molecule has 0 fully saturated rings. The van der Waals surface area contributed by atoms with E-state index < -0.39 is 0 Å². The summed E-state index contributed by atoms with van der Waals surface area (Å²) in [4.78, 5) is 18.6. The van der Waals surface area contributed by atoms with Crippen LogP contribution in [0.2, 0.25) is 0 Å². The number of amides is 1. The van der Waals surface area contributed by atoms with Crippen molar-refractivity contribution in [3.05, 3.63) is 58.6 Å². The van der Waals surface area contributed by atoms with Crippen molar-refractivity contribution in [2.45, 2.75) is 33.3 Å². The maximum Gasteiger partial charge on any atom is 0.257 e. The Hall–Kier alpha value is -2.86. The SMILES string of the molecule is CCOc1cc2c(cc1NC(=O)c1ccc(-c3cccs3)nc1C)O[C@@H](C)C2. The van der Waals surface area contributed by atoms with Crippen molar-refractivity contribution in [2.75, 3.05) is 11.9 Å². The molecule has 3 heterocycles. The predicted molar refractivity (Wildman–Crippen MR) is 112 cm³/mol. The van der Waals surface area contributed by atoms with Crippen LogP contribution >= 0.6 is 11.3 Å². The summed E-state index contributed by atoms with van der Waals surface area (Å²) in [5, 5.41) is 4.98. The summed E-state index contributed by atoms with van der Waals surface area (Å²) in [7, 11) is 0. The lowest BCUT2D eigenvalue weighted by Crippen LogP contribution is -2.15. The van der Waals surface area contributed by atoms with Crippen LogP contribution in [0.25, 0.3) is 10.6 Å². The second-order valence-corrected chi connectivity index (χ2v) is 7.73. The van der Waals surface area contributed by atoms with Crippen LogP contribution in [0.3, 0.4) is 0 Å². The van der Waals surface area contributed by atoms with Crippen molar-refractivity contribution in [1.29, 1.82) is 0 Å². The van der Waals surface area contributed by atoms with Gasteiger partial charge in [-0.25, -0.2) is 0 Å². The Morgan fingerprint density at radius 2 is 2.21 bits per heavy atom. The molecule has 6 heteroatoms. The third-order valence-corrected chi connectivity index (χ3v) is 5.54. The van der Waals surface area contributed by atoms with Crippen LogP contribution in [0.4, 0.5) is 5.69 Å². The second-order valence-electron chi connectivity index (χ2n) is 6.78. The van der Waals surface area contributed by atoms with Gasteiger partial charge < -0.3 is 14.8 Å². The van der Waals surface area contributed by atoms with E-state index in [9.17, 15) is 4.79 Å². The topological polar surface area (TPSA) is 60.5 Å². The van der Waals surface area contributed by atoms with Crippen LogP contribution in [-0.2, 0) is 6.42 Å². The third kappa shape index (κ3) is 3.60. The number of aryl methyl sites for hydroxylation is 1. The predicted octanol–water partition coefficient (Wildman–Crippen LogP) is 5.09. The zero-order chi connectivity index (χ0) is 19.7. The molecule has 1 aliphatic heterocycles. The number of ether oxygens (including phenoxy) is 2. The summed E-state index contributed by atoms with van der Waals surface area (Å²) < 4.78 is 11.6. The number of thiophene rings is 1. The number of hydrogen-bond donors (Lipinski definition) is 1. The van der Waals surface area contributed by atoms with Crippen LogP contribution in [0, 0.1) is 6.92 Å². The smallest absolute Gasteiger partial charge is 0.257 e. The highest BCUT2D eigenvalue weighted by Crippen LogP contribution is 2.38. The van der Waals surface area contributed by atoms with Crippen LogP contribution < -0.4 is 14.8 Å². The van der Waals surface area contributed by atoms with Crippen LogP contribution in [0.15, 0.2) is 41.8 Å². The first kappa shape index (κ1) is 18.5. The van der Waals surface area contributed by atoms with Gasteiger partial charge in [0.2, 0.25) is 0 Å². The van der Waals surface area contributed by atoms with Crippen molar-refractivity contribution in [2.24, 2.45) is 0 Å². The number of benzene rings is 1. The lowest BCUT2D eigenvalue weighted by molar-refractivity contribution is 0.102. The van der Waals surface area contributed by atoms with E-state index in [1.165, 1.54) is 0 Å². The molecule has 28 heavy (non-hydrogen) atoms. The molecule has 2 aromatic heterocycles. The molecule has 144 valence electrons. The van der Waals surface area contributed by atoms with Gasteiger partial charge in [0.15, 0.2) is 0 Å². The number of pyridine rings is 1. The van der Waals surface area contributed by atoms with E-state index in [-0.39, 0.29) is 12.0 Å². The molecule has 1 aromatic carbocycles. The van der Waals surface area contributed by atoms with Crippen molar-refractivity contribution in [3.63, 3.8) is 0 Å². The fraction of sp³-hybridized carbons (Fsp3) is 0.273. The molecule has 0 saturated carbocycles. The van der Waals surface area contributed by atoms with Gasteiger partial charge in [-0.05, 0) is 50.4 Å². The third-order valence-electron chi connectivity index (χ3n) is 4.65. The van der Waals surface area contributed by atoms with Crippen molar-refractivity contribution >= 4 is 22.9 Å². The minimum Gasteiger partial charge on any atom is -0.492 e. The molecule has 4 rings (SSSR count). The van der Waals surface area contributed by atoms with E-state index >= 15 is 0 Å². The molecule has 3 aromatic rings. The molecule has 1 atom stereocenters. The van der Waals surface area contributed by atoms with Gasteiger partial charge in [-0.1, -0.05) is 6.07 Å². The number of hydrogen-bond acceptors (Lipinski definition) is 5. The van der Waals surface area contributed by atoms with Gasteiger partial charge in [0, 0.05) is 18.1 Å².